The van der Waals surface area contributed by atoms with Crippen LogP contribution in [-0.4, -0.2) is 30.2 Å². The van der Waals surface area contributed by atoms with Crippen LogP contribution in [0.4, 0.5) is 26.3 Å². The smallest absolute Gasteiger partial charge is 0.483 e. The van der Waals surface area contributed by atoms with Crippen molar-refractivity contribution < 1.29 is 45.7 Å². The van der Waals surface area contributed by atoms with Crippen LogP contribution in [0.1, 0.15) is 31.7 Å². The summed E-state index contributed by atoms with van der Waals surface area (Å²) in [5, 5.41) is 9.51. The van der Waals surface area contributed by atoms with Gasteiger partial charge in [0.2, 0.25) is 0 Å². The summed E-state index contributed by atoms with van der Waals surface area (Å²) in [4.78, 5) is 11.6. The van der Waals surface area contributed by atoms with Gasteiger partial charge < -0.3 is 14.6 Å². The van der Waals surface area contributed by atoms with Crippen molar-refractivity contribution in [2.45, 2.75) is 38.7 Å². The van der Waals surface area contributed by atoms with Crippen LogP contribution in [0.15, 0.2) is 42.5 Å². The number of hydrogen-bond donors (Lipinski definition) is 1. The Morgan fingerprint density at radius 2 is 1.61 bits per heavy atom. The molecule has 0 heterocycles. The normalized spacial score (nSPS) is 13.2. The van der Waals surface area contributed by atoms with E-state index in [-0.39, 0.29) is 34.8 Å². The lowest BCUT2D eigenvalue weighted by atomic mass is 9.89. The molecule has 0 saturated heterocycles. The maximum atomic E-state index is 12.7. The molecule has 0 aromatic heterocycles. The Kier molecular flexibility index (Phi) is 7.45. The average molecular weight is 450 g/mol. The molecule has 0 aliphatic heterocycles. The molecule has 0 radical (unpaired) electrons. The molecule has 0 amide bonds. The SMILES string of the molecule is CC(C)CC(C(=O)O)c1ccc(-c2ccc(OC(F)(F)F)cc2)c(OCC(F)(F)F)c1. The minimum Gasteiger partial charge on any atom is -0.483 e. The summed E-state index contributed by atoms with van der Waals surface area (Å²) in [5.74, 6) is -2.79. The van der Waals surface area contributed by atoms with E-state index in [2.05, 4.69) is 4.74 Å². The van der Waals surface area contributed by atoms with E-state index in [0.717, 1.165) is 12.1 Å². The van der Waals surface area contributed by atoms with Crippen molar-refractivity contribution in [2.24, 2.45) is 5.92 Å². The predicted molar refractivity (Wildman–Crippen MR) is 99.9 cm³/mol. The Hall–Kier alpha value is -2.91. The third kappa shape index (κ3) is 7.69. The van der Waals surface area contributed by atoms with Crippen molar-refractivity contribution in [3.8, 4) is 22.6 Å². The monoisotopic (exact) mass is 450 g/mol. The lowest BCUT2D eigenvalue weighted by Gasteiger charge is -2.19. The minimum atomic E-state index is -4.88. The highest BCUT2D eigenvalue weighted by atomic mass is 19.4. The molecular weight excluding hydrogens is 430 g/mol. The van der Waals surface area contributed by atoms with E-state index < -0.39 is 36.8 Å². The molecule has 10 heteroatoms. The largest absolute Gasteiger partial charge is 0.573 e. The number of hydrogen-bond acceptors (Lipinski definition) is 3. The first-order valence-corrected chi connectivity index (χ1v) is 9.17. The van der Waals surface area contributed by atoms with Gasteiger partial charge in [-0.15, -0.1) is 13.2 Å². The molecule has 2 aromatic rings. The molecule has 2 aromatic carbocycles. The number of aliphatic carboxylic acids is 1. The van der Waals surface area contributed by atoms with E-state index in [1.807, 2.05) is 13.8 Å². The number of carboxylic acid groups (broad SMARTS) is 1. The third-order valence-electron chi connectivity index (χ3n) is 4.20. The molecule has 0 fully saturated rings. The van der Waals surface area contributed by atoms with Gasteiger partial charge in [0.1, 0.15) is 11.5 Å². The molecule has 0 aliphatic rings. The first-order valence-electron chi connectivity index (χ1n) is 9.17. The maximum Gasteiger partial charge on any atom is 0.573 e. The van der Waals surface area contributed by atoms with Gasteiger partial charge in [-0.2, -0.15) is 13.2 Å². The second kappa shape index (κ2) is 9.49. The lowest BCUT2D eigenvalue weighted by molar-refractivity contribution is -0.274. The van der Waals surface area contributed by atoms with E-state index in [4.69, 9.17) is 4.74 Å². The summed E-state index contributed by atoms with van der Waals surface area (Å²) in [6, 6.07) is 8.57. The van der Waals surface area contributed by atoms with Crippen LogP contribution in [0.5, 0.6) is 11.5 Å². The molecule has 1 atom stereocenters. The van der Waals surface area contributed by atoms with Gasteiger partial charge in [-0.3, -0.25) is 4.79 Å². The fraction of sp³-hybridized carbons (Fsp3) is 0.381. The molecule has 31 heavy (non-hydrogen) atoms. The Morgan fingerprint density at radius 1 is 1.00 bits per heavy atom. The van der Waals surface area contributed by atoms with Crippen molar-refractivity contribution in [1.29, 1.82) is 0 Å². The van der Waals surface area contributed by atoms with Gasteiger partial charge >= 0.3 is 18.5 Å². The Bertz CT molecular complexity index is 888. The fourth-order valence-corrected chi connectivity index (χ4v) is 2.96. The highest BCUT2D eigenvalue weighted by molar-refractivity contribution is 5.78. The zero-order valence-corrected chi connectivity index (χ0v) is 16.6. The predicted octanol–water partition coefficient (Wildman–Crippen LogP) is 6.41. The highest BCUT2D eigenvalue weighted by Crippen LogP contribution is 2.37. The van der Waals surface area contributed by atoms with E-state index in [0.29, 0.717) is 0 Å². The first-order chi connectivity index (χ1) is 14.2. The summed E-state index contributed by atoms with van der Waals surface area (Å²) in [6.45, 7) is 2.02. The van der Waals surface area contributed by atoms with Crippen molar-refractivity contribution in [3.05, 3.63) is 48.0 Å². The van der Waals surface area contributed by atoms with Crippen LogP contribution >= 0.6 is 0 Å². The van der Waals surface area contributed by atoms with Crippen LogP contribution in [0.25, 0.3) is 11.1 Å². The van der Waals surface area contributed by atoms with Gasteiger partial charge in [0.25, 0.3) is 0 Å². The number of ether oxygens (including phenoxy) is 2. The first kappa shape index (κ1) is 24.4. The van der Waals surface area contributed by atoms with Crippen LogP contribution in [-0.2, 0) is 4.79 Å². The Labute approximate surface area is 174 Å². The average Bonchev–Trinajstić information content (AvgIpc) is 2.63. The van der Waals surface area contributed by atoms with Crippen molar-refractivity contribution in [1.82, 2.24) is 0 Å². The third-order valence-corrected chi connectivity index (χ3v) is 4.20. The van der Waals surface area contributed by atoms with Crippen LogP contribution in [0, 0.1) is 5.92 Å². The lowest BCUT2D eigenvalue weighted by Crippen LogP contribution is -2.20. The standard InChI is InChI=1S/C21H20F6O4/c1-12(2)9-17(19(28)29)14-5-8-16(18(10-14)30-11-20(22,23)24)13-3-6-15(7-4-13)31-21(25,26)27/h3-8,10,12,17H,9,11H2,1-2H3,(H,28,29). The Morgan fingerprint density at radius 3 is 2.10 bits per heavy atom. The summed E-state index contributed by atoms with van der Waals surface area (Å²) >= 11 is 0. The molecule has 0 bridgehead atoms. The van der Waals surface area contributed by atoms with Crippen molar-refractivity contribution in [2.75, 3.05) is 6.61 Å². The topological polar surface area (TPSA) is 55.8 Å². The maximum absolute atomic E-state index is 12.7. The van der Waals surface area contributed by atoms with Crippen LogP contribution < -0.4 is 9.47 Å². The summed E-state index contributed by atoms with van der Waals surface area (Å²) in [6.07, 6.45) is -9.26. The van der Waals surface area contributed by atoms with Gasteiger partial charge in [0.05, 0.1) is 5.92 Å². The van der Waals surface area contributed by atoms with E-state index in [9.17, 15) is 36.2 Å². The quantitative estimate of drug-likeness (QED) is 0.473. The number of rotatable bonds is 8. The van der Waals surface area contributed by atoms with Crippen LogP contribution in [0.3, 0.4) is 0 Å². The molecule has 1 N–H and O–H groups in total. The van der Waals surface area contributed by atoms with E-state index in [1.54, 1.807) is 0 Å². The molecule has 0 spiro atoms. The summed E-state index contributed by atoms with van der Waals surface area (Å²) in [7, 11) is 0. The zero-order chi connectivity index (χ0) is 23.4. The van der Waals surface area contributed by atoms with E-state index >= 15 is 0 Å². The minimum absolute atomic E-state index is 0.0153. The summed E-state index contributed by atoms with van der Waals surface area (Å²) < 4.78 is 83.8. The number of benzene rings is 2. The fourth-order valence-electron chi connectivity index (χ4n) is 2.96. The number of carboxylic acids is 1. The second-order valence-corrected chi connectivity index (χ2v) is 7.25. The number of alkyl halides is 6. The number of carbonyl (C=O) groups is 1. The second-order valence-electron chi connectivity index (χ2n) is 7.25. The van der Waals surface area contributed by atoms with Crippen LogP contribution in [0.2, 0.25) is 0 Å². The molecule has 170 valence electrons. The molecule has 2 rings (SSSR count). The molecular formula is C21H20F6O4. The van der Waals surface area contributed by atoms with Gasteiger partial charge in [-0.25, -0.2) is 0 Å². The zero-order valence-electron chi connectivity index (χ0n) is 16.6. The highest BCUT2D eigenvalue weighted by Gasteiger charge is 2.31. The van der Waals surface area contributed by atoms with Crippen molar-refractivity contribution in [3.63, 3.8) is 0 Å². The molecule has 4 nitrogen and oxygen atoms in total. The molecule has 0 saturated carbocycles. The summed E-state index contributed by atoms with van der Waals surface area (Å²) in [5.41, 5.74) is 0.702. The van der Waals surface area contributed by atoms with Gasteiger partial charge in [0, 0.05) is 5.56 Å². The van der Waals surface area contributed by atoms with Gasteiger partial charge in [0.15, 0.2) is 6.61 Å². The van der Waals surface area contributed by atoms with Gasteiger partial charge in [-0.05, 0) is 41.7 Å². The molecule has 1 unspecified atom stereocenters. The van der Waals surface area contributed by atoms with E-state index in [1.165, 1.54) is 30.3 Å². The Balaban J connectivity index is 2.44. The number of halogens is 6. The van der Waals surface area contributed by atoms with Gasteiger partial charge in [-0.1, -0.05) is 38.1 Å². The van der Waals surface area contributed by atoms with Crippen molar-refractivity contribution >= 4 is 5.97 Å². The molecule has 0 aliphatic carbocycles.